The molecule has 0 atom stereocenters. The van der Waals surface area contributed by atoms with Gasteiger partial charge in [-0.2, -0.15) is 0 Å². The third-order valence-electron chi connectivity index (χ3n) is 2.96. The summed E-state index contributed by atoms with van der Waals surface area (Å²) in [4.78, 5) is 4.68. The van der Waals surface area contributed by atoms with E-state index >= 15 is 0 Å². The highest BCUT2D eigenvalue weighted by atomic mass is 35.5. The lowest BCUT2D eigenvalue weighted by Gasteiger charge is -2.29. The van der Waals surface area contributed by atoms with Crippen molar-refractivity contribution in [3.05, 3.63) is 0 Å². The Morgan fingerprint density at radius 2 is 1.17 bits per heavy atom. The predicted molar refractivity (Wildman–Crippen MR) is 86.2 cm³/mol. The Kier molecular flexibility index (Phi) is 16.1. The summed E-state index contributed by atoms with van der Waals surface area (Å²) in [7, 11) is 0. The van der Waals surface area contributed by atoms with Crippen LogP contribution in [0.5, 0.6) is 0 Å². The summed E-state index contributed by atoms with van der Waals surface area (Å²) in [6.07, 6.45) is 0. The summed E-state index contributed by atoms with van der Waals surface area (Å²) in [5.41, 5.74) is 0. The zero-order valence-electron chi connectivity index (χ0n) is 13.0. The van der Waals surface area contributed by atoms with Gasteiger partial charge in [0.1, 0.15) is 0 Å². The lowest BCUT2D eigenvalue weighted by atomic mass is 10.2. The highest BCUT2D eigenvalue weighted by molar-refractivity contribution is 6.18. The van der Waals surface area contributed by atoms with Gasteiger partial charge in [-0.15, -0.1) is 23.2 Å². The van der Waals surface area contributed by atoms with Crippen LogP contribution in [0.25, 0.3) is 0 Å². The van der Waals surface area contributed by atoms with Crippen LogP contribution in [0.2, 0.25) is 0 Å². The Bertz CT molecular complexity index is 152. The van der Waals surface area contributed by atoms with E-state index in [4.69, 9.17) is 23.2 Å². The molecular formula is C14H32Cl2N2. The quantitative estimate of drug-likeness (QED) is 0.627. The van der Waals surface area contributed by atoms with Crippen LogP contribution >= 0.6 is 23.2 Å². The maximum absolute atomic E-state index is 5.64. The van der Waals surface area contributed by atoms with Crippen molar-refractivity contribution in [3.63, 3.8) is 0 Å². The number of alkyl halides is 2. The van der Waals surface area contributed by atoms with Gasteiger partial charge in [-0.3, -0.25) is 4.90 Å². The molecule has 0 fully saturated rings. The first-order valence-corrected chi connectivity index (χ1v) is 8.11. The zero-order chi connectivity index (χ0) is 14.6. The molecule has 2 nitrogen and oxygen atoms in total. The lowest BCUT2D eigenvalue weighted by molar-refractivity contribution is 0.187. The Morgan fingerprint density at radius 3 is 1.28 bits per heavy atom. The van der Waals surface area contributed by atoms with Gasteiger partial charge in [0.15, 0.2) is 0 Å². The molecule has 0 aromatic heterocycles. The van der Waals surface area contributed by atoms with E-state index in [1.807, 2.05) is 0 Å². The Morgan fingerprint density at radius 1 is 0.778 bits per heavy atom. The molecule has 0 rings (SSSR count). The fourth-order valence-electron chi connectivity index (χ4n) is 1.87. The van der Waals surface area contributed by atoms with Gasteiger partial charge in [0.2, 0.25) is 0 Å². The first-order chi connectivity index (χ1) is 8.44. The third-order valence-corrected chi connectivity index (χ3v) is 3.30. The first kappa shape index (κ1) is 20.8. The number of rotatable bonds is 8. The highest BCUT2D eigenvalue weighted by Crippen LogP contribution is 2.03. The van der Waals surface area contributed by atoms with Crippen molar-refractivity contribution >= 4 is 23.2 Å². The van der Waals surface area contributed by atoms with Crippen LogP contribution in [0, 0.1) is 0 Å². The molecule has 0 unspecified atom stereocenters. The number of hydrogen-bond donors (Lipinski definition) is 0. The van der Waals surface area contributed by atoms with Gasteiger partial charge in [0.05, 0.1) is 0 Å². The summed E-state index contributed by atoms with van der Waals surface area (Å²) in [5, 5.41) is 0. The zero-order valence-corrected chi connectivity index (χ0v) is 14.6. The summed E-state index contributed by atoms with van der Waals surface area (Å²) in [5.74, 6) is 1.48. The molecule has 0 saturated heterocycles. The third kappa shape index (κ3) is 11.6. The van der Waals surface area contributed by atoms with E-state index in [1.54, 1.807) is 0 Å². The van der Waals surface area contributed by atoms with Gasteiger partial charge in [0.25, 0.3) is 0 Å². The lowest BCUT2D eigenvalue weighted by Crippen LogP contribution is -2.38. The molecule has 18 heavy (non-hydrogen) atoms. The maximum atomic E-state index is 5.64. The van der Waals surface area contributed by atoms with Crippen molar-refractivity contribution in [1.29, 1.82) is 0 Å². The second-order valence-electron chi connectivity index (χ2n) is 4.83. The van der Waals surface area contributed by atoms with E-state index in [9.17, 15) is 0 Å². The molecular weight excluding hydrogens is 267 g/mol. The van der Waals surface area contributed by atoms with Crippen molar-refractivity contribution < 1.29 is 0 Å². The molecule has 0 aromatic carbocycles. The molecule has 4 heteroatoms. The average Bonchev–Trinajstić information content (AvgIpc) is 2.33. The van der Waals surface area contributed by atoms with Crippen molar-refractivity contribution in [2.24, 2.45) is 0 Å². The standard InChI is InChI=1S/C8H18ClN.C6H14ClN/c1-7(2)10(6-5-9)8(3)4;1-3-8(4-2)6-5-7/h7-8H,5-6H2,1-4H3;3-6H2,1-2H3. The Labute approximate surface area is 125 Å². The topological polar surface area (TPSA) is 6.48 Å². The monoisotopic (exact) mass is 298 g/mol. The molecule has 0 aliphatic heterocycles. The Balaban J connectivity index is 0. The smallest absolute Gasteiger partial charge is 0.0351 e. The van der Waals surface area contributed by atoms with Crippen LogP contribution in [-0.2, 0) is 0 Å². The largest absolute Gasteiger partial charge is 0.303 e. The number of halogens is 2. The van der Waals surface area contributed by atoms with Crippen LogP contribution in [0.1, 0.15) is 41.5 Å². The molecule has 0 saturated carbocycles. The SMILES string of the molecule is CC(C)N(CCCl)C(C)C.CCN(CC)CCCl. The van der Waals surface area contributed by atoms with Crippen molar-refractivity contribution in [2.45, 2.75) is 53.6 Å². The predicted octanol–water partition coefficient (Wildman–Crippen LogP) is 3.91. The van der Waals surface area contributed by atoms with Gasteiger partial charge in [0, 0.05) is 36.9 Å². The minimum absolute atomic E-state index is 0.610. The van der Waals surface area contributed by atoms with Crippen LogP contribution in [-0.4, -0.2) is 59.8 Å². The fraction of sp³-hybridized carbons (Fsp3) is 1.00. The van der Waals surface area contributed by atoms with Crippen LogP contribution < -0.4 is 0 Å². The van der Waals surface area contributed by atoms with Gasteiger partial charge >= 0.3 is 0 Å². The molecule has 0 aromatic rings. The minimum Gasteiger partial charge on any atom is -0.303 e. The van der Waals surface area contributed by atoms with E-state index in [0.29, 0.717) is 12.1 Å². The highest BCUT2D eigenvalue weighted by Gasteiger charge is 2.11. The number of nitrogens with zero attached hydrogens (tertiary/aromatic N) is 2. The van der Waals surface area contributed by atoms with Crippen LogP contribution in [0.15, 0.2) is 0 Å². The molecule has 0 N–H and O–H groups in total. The average molecular weight is 299 g/mol. The van der Waals surface area contributed by atoms with E-state index in [-0.39, 0.29) is 0 Å². The molecule has 0 aliphatic rings. The summed E-state index contributed by atoms with van der Waals surface area (Å²) in [6.45, 7) is 17.3. The van der Waals surface area contributed by atoms with Crippen LogP contribution in [0.4, 0.5) is 0 Å². The Hall–Kier alpha value is 0.500. The summed E-state index contributed by atoms with van der Waals surface area (Å²) < 4.78 is 0. The van der Waals surface area contributed by atoms with Gasteiger partial charge < -0.3 is 4.90 Å². The molecule has 0 radical (unpaired) electrons. The minimum atomic E-state index is 0.610. The van der Waals surface area contributed by atoms with E-state index in [1.165, 1.54) is 0 Å². The van der Waals surface area contributed by atoms with E-state index in [2.05, 4.69) is 51.3 Å². The molecule has 0 heterocycles. The molecule has 0 spiro atoms. The van der Waals surface area contributed by atoms with Gasteiger partial charge in [-0.05, 0) is 40.8 Å². The van der Waals surface area contributed by atoms with Crippen molar-refractivity contribution in [2.75, 3.05) is 37.9 Å². The molecule has 0 aliphatic carbocycles. The summed E-state index contributed by atoms with van der Waals surface area (Å²) >= 11 is 11.2. The summed E-state index contributed by atoms with van der Waals surface area (Å²) in [6, 6.07) is 1.22. The second-order valence-corrected chi connectivity index (χ2v) is 5.59. The van der Waals surface area contributed by atoms with E-state index in [0.717, 1.165) is 37.9 Å². The van der Waals surface area contributed by atoms with Crippen LogP contribution in [0.3, 0.4) is 0 Å². The van der Waals surface area contributed by atoms with Gasteiger partial charge in [-0.25, -0.2) is 0 Å². The normalized spacial score (nSPS) is 11.3. The maximum Gasteiger partial charge on any atom is 0.0351 e. The molecule has 0 bridgehead atoms. The van der Waals surface area contributed by atoms with Crippen molar-refractivity contribution in [1.82, 2.24) is 9.80 Å². The van der Waals surface area contributed by atoms with E-state index < -0.39 is 0 Å². The molecule has 112 valence electrons. The van der Waals surface area contributed by atoms with Gasteiger partial charge in [-0.1, -0.05) is 13.8 Å². The molecule has 0 amide bonds. The second kappa shape index (κ2) is 13.9. The first-order valence-electron chi connectivity index (χ1n) is 7.04. The number of hydrogen-bond acceptors (Lipinski definition) is 2. The van der Waals surface area contributed by atoms with Crippen molar-refractivity contribution in [3.8, 4) is 0 Å². The fourth-order valence-corrected chi connectivity index (χ4v) is 2.30.